The Balaban J connectivity index is 0.824. The molecule has 0 amide bonds. The summed E-state index contributed by atoms with van der Waals surface area (Å²) in [6, 6.07) is 93.0. The summed E-state index contributed by atoms with van der Waals surface area (Å²) in [6.07, 6.45) is 38.1. The van der Waals surface area contributed by atoms with E-state index in [-0.39, 0.29) is 10.8 Å². The minimum Gasteiger partial charge on any atom is -0.310 e. The average Bonchev–Trinajstić information content (AvgIpc) is 1.57. The van der Waals surface area contributed by atoms with Crippen LogP contribution in [0.1, 0.15) is 263 Å². The van der Waals surface area contributed by atoms with Crippen LogP contribution in [-0.2, 0) is 23.7 Å². The number of aryl methyl sites for hydroxylation is 6. The van der Waals surface area contributed by atoms with E-state index in [2.05, 4.69) is 307 Å². The van der Waals surface area contributed by atoms with E-state index in [1.807, 2.05) is 0 Å². The number of fused-ring (bicyclic) bond motifs is 7. The molecule has 3 nitrogen and oxygen atoms in total. The summed E-state index contributed by atoms with van der Waals surface area (Å²) in [4.78, 5) is 7.51. The number of benzene rings is 11. The summed E-state index contributed by atoms with van der Waals surface area (Å²) in [5, 5.41) is 0. The van der Waals surface area contributed by atoms with Crippen LogP contribution >= 0.6 is 0 Å². The zero-order valence-electron chi connectivity index (χ0n) is 67.6. The van der Waals surface area contributed by atoms with Gasteiger partial charge in [0, 0.05) is 62.0 Å². The van der Waals surface area contributed by atoms with Crippen LogP contribution in [0.25, 0.3) is 44.5 Å². The highest BCUT2D eigenvalue weighted by Gasteiger charge is 2.45. The molecule has 0 N–H and O–H groups in total. The lowest BCUT2D eigenvalue weighted by molar-refractivity contribution is 0.398. The first-order valence-corrected chi connectivity index (χ1v) is 43.1. The zero-order valence-corrected chi connectivity index (χ0v) is 67.6. The molecule has 0 radical (unpaired) electrons. The Morgan fingerprint density at radius 1 is 0.211 bits per heavy atom. The highest BCUT2D eigenvalue weighted by atomic mass is 15.2. The maximum absolute atomic E-state index is 2.67. The van der Waals surface area contributed by atoms with Crippen molar-refractivity contribution in [2.45, 2.75) is 259 Å². The molecule has 11 aromatic rings. The van der Waals surface area contributed by atoms with Gasteiger partial charge in [-0.2, -0.15) is 0 Å². The number of unbranched alkanes of at least 4 members (excludes halogenated alkanes) is 20. The standard InChI is InChI=1S/C106H123N3/c1-9-13-17-21-25-29-69-105(70-30-26-22-18-14-10-2)101-73-81(8)39-65-97(101)98-66-49-87(75-102(98)105)85-46-60-93(61-47-85)109(90-54-37-80(7)38-55-90)96-64-68-100-99-67-63-95(76-103(99)106(104(100)77-96,71-31-27-23-19-15-11-3)72-32-28-24-20-16-12-4)108(89-52-35-79(6)36-53-89)92-58-44-83(45-59-92)82-42-56-91(57-43-82)107(88-50-33-78(5)34-51-88)94-62-48-84-40-41-86(84)74-94/h33-39,42-68,73-77H,9-32,40-41,69-72H2,1-8H3. The molecule has 0 unspecified atom stereocenters. The van der Waals surface area contributed by atoms with E-state index < -0.39 is 0 Å². The molecule has 3 heteroatoms. The molecule has 11 aromatic carbocycles. The second kappa shape index (κ2) is 36.1. The van der Waals surface area contributed by atoms with Crippen LogP contribution < -0.4 is 14.7 Å². The van der Waals surface area contributed by atoms with Gasteiger partial charge in [0.25, 0.3) is 0 Å². The van der Waals surface area contributed by atoms with E-state index in [1.165, 1.54) is 302 Å². The molecule has 0 aliphatic heterocycles. The maximum atomic E-state index is 2.67. The Hall–Kier alpha value is -9.18. The van der Waals surface area contributed by atoms with Crippen molar-refractivity contribution in [3.05, 3.63) is 292 Å². The number of hydrogen-bond donors (Lipinski definition) is 0. The van der Waals surface area contributed by atoms with Crippen molar-refractivity contribution in [3.8, 4) is 44.5 Å². The van der Waals surface area contributed by atoms with Gasteiger partial charge in [-0.1, -0.05) is 325 Å². The van der Waals surface area contributed by atoms with Gasteiger partial charge in [-0.3, -0.25) is 0 Å². The van der Waals surface area contributed by atoms with E-state index in [0.717, 1.165) is 30.6 Å². The largest absolute Gasteiger partial charge is 0.310 e. The molecule has 0 spiro atoms. The lowest BCUT2D eigenvalue weighted by Gasteiger charge is -2.35. The first-order chi connectivity index (χ1) is 53.5. The molecule has 109 heavy (non-hydrogen) atoms. The van der Waals surface area contributed by atoms with Gasteiger partial charge in [-0.05, 0) is 259 Å². The third-order valence-electron chi connectivity index (χ3n) is 25.2. The molecule has 3 aliphatic rings. The summed E-state index contributed by atoms with van der Waals surface area (Å²) in [7, 11) is 0. The molecule has 3 aliphatic carbocycles. The molecule has 0 atom stereocenters. The van der Waals surface area contributed by atoms with Gasteiger partial charge in [0.15, 0.2) is 0 Å². The van der Waals surface area contributed by atoms with E-state index in [0.29, 0.717) is 0 Å². The monoisotopic (exact) mass is 1440 g/mol. The van der Waals surface area contributed by atoms with Crippen molar-refractivity contribution in [1.29, 1.82) is 0 Å². The quantitative estimate of drug-likeness (QED) is 0.0356. The molecule has 0 bridgehead atoms. The molecule has 0 saturated heterocycles. The van der Waals surface area contributed by atoms with Crippen LogP contribution in [0.2, 0.25) is 0 Å². The first-order valence-electron chi connectivity index (χ1n) is 43.1. The lowest BCUT2D eigenvalue weighted by Crippen LogP contribution is -2.26. The van der Waals surface area contributed by atoms with E-state index in [9.17, 15) is 0 Å². The second-order valence-electron chi connectivity index (χ2n) is 33.1. The molecule has 0 aromatic heterocycles. The van der Waals surface area contributed by atoms with E-state index in [1.54, 1.807) is 11.1 Å². The highest BCUT2D eigenvalue weighted by Crippen LogP contribution is 2.59. The minimum absolute atomic E-state index is 0.0248. The fourth-order valence-electron chi connectivity index (χ4n) is 18.8. The van der Waals surface area contributed by atoms with E-state index in [4.69, 9.17) is 0 Å². The molecule has 0 fully saturated rings. The molecule has 0 heterocycles. The predicted molar refractivity (Wildman–Crippen MR) is 472 cm³/mol. The van der Waals surface area contributed by atoms with Gasteiger partial charge in [0.2, 0.25) is 0 Å². The molecule has 562 valence electrons. The van der Waals surface area contributed by atoms with Crippen LogP contribution in [-0.4, -0.2) is 0 Å². The Morgan fingerprint density at radius 2 is 0.459 bits per heavy atom. The van der Waals surface area contributed by atoms with Crippen molar-refractivity contribution in [2.24, 2.45) is 0 Å². The van der Waals surface area contributed by atoms with Crippen LogP contribution in [0, 0.1) is 27.7 Å². The highest BCUT2D eigenvalue weighted by molar-refractivity contribution is 5.91. The number of rotatable bonds is 39. The average molecular weight is 1440 g/mol. The van der Waals surface area contributed by atoms with Crippen molar-refractivity contribution >= 4 is 51.2 Å². The molecule has 14 rings (SSSR count). The van der Waals surface area contributed by atoms with Crippen molar-refractivity contribution < 1.29 is 0 Å². The topological polar surface area (TPSA) is 9.72 Å². The Kier molecular flexibility index (Phi) is 25.4. The molecular formula is C106H123N3. The fourth-order valence-corrected chi connectivity index (χ4v) is 18.8. The first kappa shape index (κ1) is 76.6. The third-order valence-corrected chi connectivity index (χ3v) is 25.2. The van der Waals surface area contributed by atoms with E-state index >= 15 is 0 Å². The summed E-state index contributed by atoms with van der Waals surface area (Å²) in [5.41, 5.74) is 35.5. The van der Waals surface area contributed by atoms with Crippen molar-refractivity contribution in [3.63, 3.8) is 0 Å². The van der Waals surface area contributed by atoms with Gasteiger partial charge in [0.1, 0.15) is 0 Å². The summed E-state index contributed by atoms with van der Waals surface area (Å²) in [5.74, 6) is 0. The van der Waals surface area contributed by atoms with Gasteiger partial charge >= 0.3 is 0 Å². The van der Waals surface area contributed by atoms with Gasteiger partial charge in [0.05, 0.1) is 0 Å². The van der Waals surface area contributed by atoms with Crippen molar-refractivity contribution in [2.75, 3.05) is 14.7 Å². The Morgan fingerprint density at radius 3 is 0.798 bits per heavy atom. The summed E-state index contributed by atoms with van der Waals surface area (Å²) >= 11 is 0. The third kappa shape index (κ3) is 17.1. The smallest absolute Gasteiger partial charge is 0.0465 e. The number of anilines is 9. The Bertz CT molecular complexity index is 4730. The van der Waals surface area contributed by atoms with Crippen LogP contribution in [0.3, 0.4) is 0 Å². The maximum Gasteiger partial charge on any atom is 0.0465 e. The van der Waals surface area contributed by atoms with Crippen LogP contribution in [0.4, 0.5) is 51.2 Å². The summed E-state index contributed by atoms with van der Waals surface area (Å²) < 4.78 is 0. The zero-order chi connectivity index (χ0) is 75.1. The second-order valence-corrected chi connectivity index (χ2v) is 33.1. The molecule has 0 saturated carbocycles. The lowest BCUT2D eigenvalue weighted by atomic mass is 9.70. The number of hydrogen-bond acceptors (Lipinski definition) is 3. The molecular weight excluding hydrogens is 1320 g/mol. The minimum atomic E-state index is -0.189. The van der Waals surface area contributed by atoms with Crippen LogP contribution in [0.15, 0.2) is 237 Å². The van der Waals surface area contributed by atoms with Gasteiger partial charge in [-0.25, -0.2) is 0 Å². The predicted octanol–water partition coefficient (Wildman–Crippen LogP) is 32.3. The van der Waals surface area contributed by atoms with Crippen molar-refractivity contribution in [1.82, 2.24) is 0 Å². The fraction of sp³-hybridized carbons (Fsp3) is 0.377. The summed E-state index contributed by atoms with van der Waals surface area (Å²) in [6.45, 7) is 18.3. The van der Waals surface area contributed by atoms with Crippen LogP contribution in [0.5, 0.6) is 0 Å². The SMILES string of the molecule is CCCCCCCCC1(CCCCCCCC)c2cc(C)ccc2-c2ccc(-c3ccc(N(c4ccc(C)cc4)c4ccc5c(c4)C(CCCCCCCC)(CCCCCCCC)c4cc(N(c6ccc(C)cc6)c6ccc(-c7ccc(N(c8ccc(C)cc8)c8ccc9c(c8)CC9)cc7)cc6)ccc4-5)cc3)cc21. The van der Waals surface area contributed by atoms with Gasteiger partial charge in [-0.15, -0.1) is 0 Å². The Labute approximate surface area is 657 Å². The normalized spacial score (nSPS) is 13.3. The number of nitrogens with zero attached hydrogens (tertiary/aromatic N) is 3. The van der Waals surface area contributed by atoms with Gasteiger partial charge < -0.3 is 14.7 Å².